The van der Waals surface area contributed by atoms with Crippen molar-refractivity contribution < 1.29 is 23.9 Å². The number of amides is 4. The second-order valence-corrected chi connectivity index (χ2v) is 6.77. The van der Waals surface area contributed by atoms with Crippen LogP contribution < -0.4 is 5.32 Å². The number of urea groups is 1. The van der Waals surface area contributed by atoms with Gasteiger partial charge in [0, 0.05) is 13.6 Å². The van der Waals surface area contributed by atoms with Gasteiger partial charge in [0.1, 0.15) is 12.1 Å². The van der Waals surface area contributed by atoms with Gasteiger partial charge in [-0.05, 0) is 36.2 Å². The van der Waals surface area contributed by atoms with E-state index in [1.807, 2.05) is 16.8 Å². The fraction of sp³-hybridized carbons (Fsp3) is 0.467. The molecule has 1 N–H and O–H groups in total. The predicted octanol–water partition coefficient (Wildman–Crippen LogP) is 0.580. The summed E-state index contributed by atoms with van der Waals surface area (Å²) >= 11 is 1.53. The summed E-state index contributed by atoms with van der Waals surface area (Å²) in [7, 11) is 1.60. The summed E-state index contributed by atoms with van der Waals surface area (Å²) in [5.74, 6) is -1.69. The fourth-order valence-corrected chi connectivity index (χ4v) is 2.79. The van der Waals surface area contributed by atoms with Crippen molar-refractivity contribution in [3.8, 4) is 0 Å². The lowest BCUT2D eigenvalue weighted by Gasteiger charge is -2.17. The number of carbonyl (C=O) groups is 4. The number of carbonyl (C=O) groups excluding carboxylic acids is 4. The van der Waals surface area contributed by atoms with E-state index in [9.17, 15) is 19.2 Å². The first-order valence-corrected chi connectivity index (χ1v) is 8.20. The van der Waals surface area contributed by atoms with Crippen LogP contribution in [0, 0.1) is 0 Å². The molecular weight excluding hydrogens is 334 g/mol. The first kappa shape index (κ1) is 17.9. The van der Waals surface area contributed by atoms with Gasteiger partial charge in [-0.2, -0.15) is 11.3 Å². The van der Waals surface area contributed by atoms with Gasteiger partial charge in [-0.25, -0.2) is 4.79 Å². The van der Waals surface area contributed by atoms with E-state index in [1.54, 1.807) is 20.9 Å². The van der Waals surface area contributed by atoms with E-state index < -0.39 is 36.6 Å². The van der Waals surface area contributed by atoms with E-state index in [0.717, 1.165) is 10.5 Å². The molecule has 0 atom stereocenters. The molecule has 1 saturated heterocycles. The molecule has 0 radical (unpaired) electrons. The Morgan fingerprint density at radius 1 is 1.38 bits per heavy atom. The van der Waals surface area contributed by atoms with Crippen LogP contribution in [-0.2, 0) is 25.7 Å². The summed E-state index contributed by atoms with van der Waals surface area (Å²) in [4.78, 5) is 49.6. The molecule has 9 heteroatoms. The van der Waals surface area contributed by atoms with Crippen LogP contribution in [0.25, 0.3) is 0 Å². The molecule has 0 unspecified atom stereocenters. The van der Waals surface area contributed by atoms with Crippen LogP contribution in [0.3, 0.4) is 0 Å². The van der Waals surface area contributed by atoms with E-state index in [2.05, 4.69) is 5.32 Å². The topological polar surface area (TPSA) is 96.0 Å². The van der Waals surface area contributed by atoms with Crippen LogP contribution in [0.4, 0.5) is 4.79 Å². The predicted molar refractivity (Wildman–Crippen MR) is 86.1 cm³/mol. The van der Waals surface area contributed by atoms with Crippen LogP contribution >= 0.6 is 11.3 Å². The zero-order chi connectivity index (χ0) is 17.9. The van der Waals surface area contributed by atoms with Crippen molar-refractivity contribution in [1.82, 2.24) is 15.1 Å². The molecule has 2 heterocycles. The van der Waals surface area contributed by atoms with Crippen LogP contribution in [0.1, 0.15) is 19.4 Å². The highest BCUT2D eigenvalue weighted by molar-refractivity contribution is 7.07. The maximum Gasteiger partial charge on any atom is 0.326 e. The minimum Gasteiger partial charge on any atom is -0.454 e. The Hall–Kier alpha value is -2.42. The van der Waals surface area contributed by atoms with E-state index in [-0.39, 0.29) is 5.91 Å². The van der Waals surface area contributed by atoms with Gasteiger partial charge in [0.2, 0.25) is 0 Å². The van der Waals surface area contributed by atoms with Gasteiger partial charge >= 0.3 is 12.0 Å². The second-order valence-electron chi connectivity index (χ2n) is 5.99. The summed E-state index contributed by atoms with van der Waals surface area (Å²) in [6.07, 6.45) is 0. The largest absolute Gasteiger partial charge is 0.454 e. The zero-order valence-electron chi connectivity index (χ0n) is 13.7. The number of esters is 1. The number of ether oxygens (including phenoxy) is 1. The fourth-order valence-electron chi connectivity index (χ4n) is 2.13. The average molecular weight is 353 g/mol. The van der Waals surface area contributed by atoms with Crippen molar-refractivity contribution >= 4 is 35.2 Å². The molecular formula is C15H19N3O5S. The summed E-state index contributed by atoms with van der Waals surface area (Å²) in [6.45, 7) is 2.55. The van der Waals surface area contributed by atoms with Crippen molar-refractivity contribution in [1.29, 1.82) is 0 Å². The molecule has 2 rings (SSSR count). The number of thiophene rings is 1. The van der Waals surface area contributed by atoms with E-state index in [4.69, 9.17) is 4.74 Å². The first-order chi connectivity index (χ1) is 11.2. The molecule has 8 nitrogen and oxygen atoms in total. The molecule has 0 saturated carbocycles. The lowest BCUT2D eigenvalue weighted by molar-refractivity contribution is -0.153. The maximum atomic E-state index is 12.0. The average Bonchev–Trinajstić information content (AvgIpc) is 3.07. The minimum atomic E-state index is -1.05. The second kappa shape index (κ2) is 7.00. The third-order valence-electron chi connectivity index (χ3n) is 3.51. The van der Waals surface area contributed by atoms with Gasteiger partial charge in [-0.15, -0.1) is 0 Å². The summed E-state index contributed by atoms with van der Waals surface area (Å²) in [5.41, 5.74) is -0.0581. The summed E-state index contributed by atoms with van der Waals surface area (Å²) < 4.78 is 4.87. The van der Waals surface area contributed by atoms with Crippen LogP contribution in [0.2, 0.25) is 0 Å². The number of nitrogens with zero attached hydrogens (tertiary/aromatic N) is 2. The molecule has 1 fully saturated rings. The Morgan fingerprint density at radius 3 is 2.62 bits per heavy atom. The molecule has 0 aliphatic carbocycles. The van der Waals surface area contributed by atoms with E-state index >= 15 is 0 Å². The monoisotopic (exact) mass is 353 g/mol. The number of rotatable bonds is 6. The highest BCUT2D eigenvalue weighted by atomic mass is 32.1. The Kier molecular flexibility index (Phi) is 5.23. The standard InChI is InChI=1S/C15H19N3O5S/c1-15(2)13(21)18(14(22)16-15)7-12(20)23-8-11(19)17(3)6-10-4-5-24-9-10/h4-5,9H,6-8H2,1-3H3,(H,16,22). The molecule has 0 aromatic carbocycles. The number of hydrogen-bond donors (Lipinski definition) is 1. The van der Waals surface area contributed by atoms with Gasteiger partial charge in [-0.3, -0.25) is 19.3 Å². The third-order valence-corrected chi connectivity index (χ3v) is 4.25. The SMILES string of the molecule is CN(Cc1ccsc1)C(=O)COC(=O)CN1C(=O)NC(C)(C)C1=O. The van der Waals surface area contributed by atoms with Crippen LogP contribution in [0.15, 0.2) is 16.8 Å². The van der Waals surface area contributed by atoms with Gasteiger partial charge in [0.15, 0.2) is 6.61 Å². The number of imide groups is 1. The van der Waals surface area contributed by atoms with E-state index in [1.165, 1.54) is 16.2 Å². The Bertz CT molecular complexity index is 656. The molecule has 1 aliphatic rings. The zero-order valence-corrected chi connectivity index (χ0v) is 14.5. The van der Waals surface area contributed by atoms with Gasteiger partial charge in [0.05, 0.1) is 0 Å². The Morgan fingerprint density at radius 2 is 2.08 bits per heavy atom. The van der Waals surface area contributed by atoms with Crippen molar-refractivity contribution in [3.05, 3.63) is 22.4 Å². The Balaban J connectivity index is 1.79. The smallest absolute Gasteiger partial charge is 0.326 e. The number of nitrogens with one attached hydrogen (secondary N) is 1. The molecule has 130 valence electrons. The number of hydrogen-bond acceptors (Lipinski definition) is 6. The Labute approximate surface area is 143 Å². The lowest BCUT2D eigenvalue weighted by Crippen LogP contribution is -2.41. The molecule has 24 heavy (non-hydrogen) atoms. The van der Waals surface area contributed by atoms with Gasteiger partial charge < -0.3 is 15.0 Å². The summed E-state index contributed by atoms with van der Waals surface area (Å²) in [6, 6.07) is 1.25. The molecule has 1 aromatic heterocycles. The van der Waals surface area contributed by atoms with Gasteiger partial charge in [-0.1, -0.05) is 0 Å². The van der Waals surface area contributed by atoms with E-state index in [0.29, 0.717) is 6.54 Å². The van der Waals surface area contributed by atoms with Crippen LogP contribution in [0.5, 0.6) is 0 Å². The molecule has 4 amide bonds. The number of likely N-dealkylation sites (N-methyl/N-ethyl adjacent to an activating group) is 1. The normalized spacial score (nSPS) is 16.0. The van der Waals surface area contributed by atoms with Crippen LogP contribution in [-0.4, -0.2) is 59.4 Å². The van der Waals surface area contributed by atoms with Crippen molar-refractivity contribution in [2.75, 3.05) is 20.2 Å². The molecule has 1 aliphatic heterocycles. The minimum absolute atomic E-state index is 0.368. The first-order valence-electron chi connectivity index (χ1n) is 7.25. The molecule has 1 aromatic rings. The third kappa shape index (κ3) is 4.10. The molecule has 0 bridgehead atoms. The quantitative estimate of drug-likeness (QED) is 0.596. The van der Waals surface area contributed by atoms with Gasteiger partial charge in [0.25, 0.3) is 11.8 Å². The maximum absolute atomic E-state index is 12.0. The van der Waals surface area contributed by atoms with Crippen molar-refractivity contribution in [3.63, 3.8) is 0 Å². The lowest BCUT2D eigenvalue weighted by atomic mass is 10.1. The molecule has 0 spiro atoms. The summed E-state index contributed by atoms with van der Waals surface area (Å²) in [5, 5.41) is 6.30. The highest BCUT2D eigenvalue weighted by Gasteiger charge is 2.45. The highest BCUT2D eigenvalue weighted by Crippen LogP contribution is 2.16. The van der Waals surface area contributed by atoms with Crippen molar-refractivity contribution in [2.45, 2.75) is 25.9 Å². The van der Waals surface area contributed by atoms with Crippen molar-refractivity contribution in [2.24, 2.45) is 0 Å².